The second kappa shape index (κ2) is 9.97. The Bertz CT molecular complexity index is 1340. The molecule has 0 saturated carbocycles. The predicted molar refractivity (Wildman–Crippen MR) is 133 cm³/mol. The number of aryl methyl sites for hydroxylation is 1. The van der Waals surface area contributed by atoms with E-state index in [1.165, 1.54) is 12.1 Å². The molecule has 0 bridgehead atoms. The summed E-state index contributed by atoms with van der Waals surface area (Å²) in [5.41, 5.74) is 2.74. The molecule has 1 aliphatic rings. The van der Waals surface area contributed by atoms with Crippen LogP contribution in [0.25, 0.3) is 0 Å². The van der Waals surface area contributed by atoms with Crippen LogP contribution in [-0.4, -0.2) is 26.8 Å². The van der Waals surface area contributed by atoms with E-state index in [2.05, 4.69) is 10.0 Å². The van der Waals surface area contributed by atoms with Gasteiger partial charge in [0.15, 0.2) is 0 Å². The van der Waals surface area contributed by atoms with Crippen molar-refractivity contribution < 1.29 is 18.0 Å². The Labute approximate surface area is 203 Å². The summed E-state index contributed by atoms with van der Waals surface area (Å²) < 4.78 is 28.1. The number of sulfonamides is 1. The Hall–Kier alpha value is -3.20. The van der Waals surface area contributed by atoms with Gasteiger partial charge in [0.05, 0.1) is 15.6 Å². The van der Waals surface area contributed by atoms with Gasteiger partial charge in [-0.25, -0.2) is 13.1 Å². The third-order valence-electron chi connectivity index (χ3n) is 5.64. The fraction of sp³-hybridized carbons (Fsp3) is 0.200. The average molecular weight is 498 g/mol. The lowest BCUT2D eigenvalue weighted by Gasteiger charge is -2.18. The minimum atomic E-state index is -3.82. The van der Waals surface area contributed by atoms with Crippen LogP contribution in [0.1, 0.15) is 34.3 Å². The molecule has 4 rings (SSSR count). The van der Waals surface area contributed by atoms with E-state index in [0.717, 1.165) is 12.0 Å². The molecule has 1 saturated heterocycles. The van der Waals surface area contributed by atoms with Crippen molar-refractivity contribution in [2.75, 3.05) is 16.8 Å². The molecule has 3 aromatic carbocycles. The Kier molecular flexibility index (Phi) is 7.02. The van der Waals surface area contributed by atoms with Gasteiger partial charge in [-0.05, 0) is 54.8 Å². The van der Waals surface area contributed by atoms with Crippen molar-refractivity contribution in [3.05, 3.63) is 88.4 Å². The highest BCUT2D eigenvalue weighted by Gasteiger charge is 2.24. The van der Waals surface area contributed by atoms with Crippen molar-refractivity contribution in [2.24, 2.45) is 0 Å². The van der Waals surface area contributed by atoms with E-state index in [4.69, 9.17) is 11.6 Å². The molecule has 0 aromatic heterocycles. The minimum Gasteiger partial charge on any atom is -0.322 e. The van der Waals surface area contributed by atoms with Crippen LogP contribution in [-0.2, 0) is 21.4 Å². The topological polar surface area (TPSA) is 95.6 Å². The van der Waals surface area contributed by atoms with Crippen molar-refractivity contribution in [1.82, 2.24) is 4.72 Å². The molecule has 1 aliphatic heterocycles. The maximum absolute atomic E-state index is 13.0. The van der Waals surface area contributed by atoms with Crippen LogP contribution in [0.3, 0.4) is 0 Å². The van der Waals surface area contributed by atoms with E-state index >= 15 is 0 Å². The number of nitrogens with one attached hydrogen (secondary N) is 2. The first kappa shape index (κ1) is 23.9. The normalized spacial score (nSPS) is 13.8. The van der Waals surface area contributed by atoms with Crippen molar-refractivity contribution in [2.45, 2.75) is 31.2 Å². The summed E-state index contributed by atoms with van der Waals surface area (Å²) in [4.78, 5) is 26.6. The lowest BCUT2D eigenvalue weighted by atomic mass is 10.1. The molecule has 34 heavy (non-hydrogen) atoms. The zero-order chi connectivity index (χ0) is 24.3. The van der Waals surface area contributed by atoms with Crippen molar-refractivity contribution in [1.29, 1.82) is 0 Å². The minimum absolute atomic E-state index is 0.0000993. The predicted octanol–water partition coefficient (Wildman–Crippen LogP) is 4.51. The maximum Gasteiger partial charge on any atom is 0.255 e. The number of amides is 2. The number of hydrogen-bond acceptors (Lipinski definition) is 4. The van der Waals surface area contributed by atoms with Gasteiger partial charge in [0.2, 0.25) is 15.9 Å². The van der Waals surface area contributed by atoms with Gasteiger partial charge in [0, 0.05) is 30.8 Å². The molecule has 0 aliphatic carbocycles. The van der Waals surface area contributed by atoms with Gasteiger partial charge < -0.3 is 10.2 Å². The monoisotopic (exact) mass is 497 g/mol. The highest BCUT2D eigenvalue weighted by molar-refractivity contribution is 7.89. The highest BCUT2D eigenvalue weighted by atomic mass is 35.5. The van der Waals surface area contributed by atoms with Gasteiger partial charge in [0.25, 0.3) is 5.91 Å². The summed E-state index contributed by atoms with van der Waals surface area (Å²) in [5, 5.41) is 3.12. The summed E-state index contributed by atoms with van der Waals surface area (Å²) in [7, 11) is -3.82. The van der Waals surface area contributed by atoms with E-state index in [-0.39, 0.29) is 22.9 Å². The van der Waals surface area contributed by atoms with Gasteiger partial charge in [-0.2, -0.15) is 0 Å². The number of hydrogen-bond donors (Lipinski definition) is 2. The van der Waals surface area contributed by atoms with Crippen LogP contribution in [0, 0.1) is 6.92 Å². The molecule has 0 spiro atoms. The summed E-state index contributed by atoms with van der Waals surface area (Å²) >= 11 is 6.37. The number of halogens is 1. The molecule has 0 atom stereocenters. The van der Waals surface area contributed by atoms with E-state index in [9.17, 15) is 18.0 Å². The largest absolute Gasteiger partial charge is 0.322 e. The number of anilines is 2. The fourth-order valence-electron chi connectivity index (χ4n) is 3.78. The third kappa shape index (κ3) is 5.30. The van der Waals surface area contributed by atoms with E-state index < -0.39 is 15.9 Å². The van der Waals surface area contributed by atoms with Crippen LogP contribution < -0.4 is 14.9 Å². The molecule has 3 aromatic rings. The average Bonchev–Trinajstić information content (AvgIpc) is 3.24. The van der Waals surface area contributed by atoms with E-state index in [0.29, 0.717) is 34.9 Å². The quantitative estimate of drug-likeness (QED) is 0.502. The summed E-state index contributed by atoms with van der Waals surface area (Å²) in [5.74, 6) is -0.438. The van der Waals surface area contributed by atoms with Crippen LogP contribution in [0.5, 0.6) is 0 Å². The Morgan fingerprint density at radius 1 is 1.06 bits per heavy atom. The van der Waals surface area contributed by atoms with Gasteiger partial charge >= 0.3 is 0 Å². The second-order valence-corrected chi connectivity index (χ2v) is 10.2. The summed E-state index contributed by atoms with van der Waals surface area (Å²) in [6.45, 7) is 2.49. The van der Waals surface area contributed by atoms with Crippen LogP contribution in [0.4, 0.5) is 11.4 Å². The molecule has 7 nitrogen and oxygen atoms in total. The summed E-state index contributed by atoms with van der Waals surface area (Å²) in [6.07, 6.45) is 1.28. The molecular formula is C25H24ClN3O4S. The smallest absolute Gasteiger partial charge is 0.255 e. The molecule has 2 N–H and O–H groups in total. The molecular weight excluding hydrogens is 474 g/mol. The number of nitrogens with zero attached hydrogens (tertiary/aromatic N) is 1. The lowest BCUT2D eigenvalue weighted by molar-refractivity contribution is -0.117. The standard InChI is InChI=1S/C25H24ClN3O4S/c1-17-9-11-20(34(32,33)27-16-18-6-3-2-4-7-18)15-21(17)25(31)28-19-10-12-23(22(26)14-19)29-13-5-8-24(29)30/h2-4,6-7,9-12,14-15,27H,5,8,13,16H2,1H3,(H,28,31). The Morgan fingerprint density at radius 3 is 2.50 bits per heavy atom. The van der Waals surface area contributed by atoms with Crippen molar-refractivity contribution in [3.8, 4) is 0 Å². The zero-order valence-corrected chi connectivity index (χ0v) is 20.1. The fourth-order valence-corrected chi connectivity index (χ4v) is 5.10. The van der Waals surface area contributed by atoms with E-state index in [1.807, 2.05) is 30.3 Å². The first-order valence-electron chi connectivity index (χ1n) is 10.8. The molecule has 1 fully saturated rings. The highest BCUT2D eigenvalue weighted by Crippen LogP contribution is 2.32. The van der Waals surface area contributed by atoms with Crippen LogP contribution in [0.15, 0.2) is 71.6 Å². The number of carbonyl (C=O) groups excluding carboxylic acids is 2. The van der Waals surface area contributed by atoms with Crippen molar-refractivity contribution >= 4 is 44.8 Å². The number of benzene rings is 3. The van der Waals surface area contributed by atoms with Crippen LogP contribution in [0.2, 0.25) is 5.02 Å². The zero-order valence-electron chi connectivity index (χ0n) is 18.5. The molecule has 176 valence electrons. The number of rotatable bonds is 7. The molecule has 0 radical (unpaired) electrons. The van der Waals surface area contributed by atoms with Gasteiger partial charge in [-0.1, -0.05) is 48.0 Å². The Morgan fingerprint density at radius 2 is 1.82 bits per heavy atom. The maximum atomic E-state index is 13.0. The molecule has 2 amide bonds. The SMILES string of the molecule is Cc1ccc(S(=O)(=O)NCc2ccccc2)cc1C(=O)Nc1ccc(N2CCCC2=O)c(Cl)c1. The lowest BCUT2D eigenvalue weighted by Crippen LogP contribution is -2.24. The molecule has 9 heteroatoms. The first-order valence-corrected chi connectivity index (χ1v) is 12.7. The van der Waals surface area contributed by atoms with Crippen LogP contribution >= 0.6 is 11.6 Å². The third-order valence-corrected chi connectivity index (χ3v) is 7.34. The number of carbonyl (C=O) groups is 2. The van der Waals surface area contributed by atoms with E-state index in [1.54, 1.807) is 36.1 Å². The van der Waals surface area contributed by atoms with Crippen molar-refractivity contribution in [3.63, 3.8) is 0 Å². The second-order valence-electron chi connectivity index (χ2n) is 8.06. The van der Waals surface area contributed by atoms with Gasteiger partial charge in [0.1, 0.15) is 0 Å². The van der Waals surface area contributed by atoms with Gasteiger partial charge in [-0.3, -0.25) is 9.59 Å². The first-order chi connectivity index (χ1) is 16.2. The van der Waals surface area contributed by atoms with Gasteiger partial charge in [-0.15, -0.1) is 0 Å². The Balaban J connectivity index is 1.50. The molecule has 1 heterocycles. The summed E-state index contributed by atoms with van der Waals surface area (Å²) in [6, 6.07) is 18.5. The molecule has 0 unspecified atom stereocenters.